The number of aliphatic hydroxyl groups is 8. The Balaban J connectivity index is 1.62. The standard InChI is InChI=1S/C67H125NO13/c1-3-5-7-9-11-13-15-17-19-20-21-22-23-24-25-26-27-28-29-30-31-32-33-34-35-36-37-39-41-43-45-47-49-51-59(72)68-55(56(71)50-48-46-44-42-40-38-18-16-14-12-10-8-6-4-2)54-78-66-64(77)62(75)65(58(53-70)80-66)81-67-63(76)61(74)60(73)57(52-69)79-67/h14,16,40,42,48,50,55-58,60-67,69-71,73-77H,3-13,15,17-39,41,43-47,49,51-54H2,1-2H3,(H,68,72)/b16-14+,42-40+,50-48+. The summed E-state index contributed by atoms with van der Waals surface area (Å²) in [4.78, 5) is 13.3. The molecule has 2 aliphatic rings. The molecule has 2 heterocycles. The van der Waals surface area contributed by atoms with Gasteiger partial charge in [-0.3, -0.25) is 4.79 Å². The first-order chi connectivity index (χ1) is 39.6. The first-order valence-corrected chi connectivity index (χ1v) is 33.7. The highest BCUT2D eigenvalue weighted by Crippen LogP contribution is 2.30. The third-order valence-corrected chi connectivity index (χ3v) is 16.6. The van der Waals surface area contributed by atoms with Crippen LogP contribution in [0.25, 0.3) is 0 Å². The van der Waals surface area contributed by atoms with Crippen molar-refractivity contribution < 1.29 is 64.6 Å². The number of ether oxygens (including phenoxy) is 4. The third kappa shape index (κ3) is 37.4. The molecule has 2 fully saturated rings. The summed E-state index contributed by atoms with van der Waals surface area (Å²) in [5.74, 6) is -0.249. The van der Waals surface area contributed by atoms with E-state index >= 15 is 0 Å². The van der Waals surface area contributed by atoms with Crippen molar-refractivity contribution in [1.82, 2.24) is 5.32 Å². The zero-order valence-electron chi connectivity index (χ0n) is 51.5. The van der Waals surface area contributed by atoms with Crippen molar-refractivity contribution in [3.8, 4) is 0 Å². The molecule has 0 spiro atoms. The van der Waals surface area contributed by atoms with E-state index in [1.807, 2.05) is 6.08 Å². The number of amides is 1. The van der Waals surface area contributed by atoms with E-state index < -0.39 is 86.8 Å². The van der Waals surface area contributed by atoms with Crippen LogP contribution in [0.3, 0.4) is 0 Å². The molecule has 0 radical (unpaired) electrons. The van der Waals surface area contributed by atoms with E-state index in [0.29, 0.717) is 12.8 Å². The number of nitrogens with one attached hydrogen (secondary N) is 1. The Morgan fingerprint density at radius 2 is 0.790 bits per heavy atom. The van der Waals surface area contributed by atoms with Gasteiger partial charge in [0.05, 0.1) is 32.0 Å². The predicted molar refractivity (Wildman–Crippen MR) is 328 cm³/mol. The molecule has 14 heteroatoms. The topological polar surface area (TPSA) is 228 Å². The molecular weight excluding hydrogens is 1030 g/mol. The van der Waals surface area contributed by atoms with Crippen molar-refractivity contribution in [2.45, 2.75) is 364 Å². The van der Waals surface area contributed by atoms with Crippen LogP contribution < -0.4 is 5.32 Å². The van der Waals surface area contributed by atoms with Crippen LogP contribution in [-0.4, -0.2) is 140 Å². The van der Waals surface area contributed by atoms with Crippen LogP contribution in [0.15, 0.2) is 36.5 Å². The zero-order valence-corrected chi connectivity index (χ0v) is 51.5. The lowest BCUT2D eigenvalue weighted by Crippen LogP contribution is -2.65. The average Bonchev–Trinajstić information content (AvgIpc) is 3.63. The molecule has 2 saturated heterocycles. The number of hydrogen-bond acceptors (Lipinski definition) is 13. The number of allylic oxidation sites excluding steroid dienone is 5. The molecule has 0 aromatic carbocycles. The quantitative estimate of drug-likeness (QED) is 0.0204. The molecule has 1 amide bonds. The minimum Gasteiger partial charge on any atom is -0.394 e. The van der Waals surface area contributed by atoms with Gasteiger partial charge >= 0.3 is 0 Å². The monoisotopic (exact) mass is 1150 g/mol. The summed E-state index contributed by atoms with van der Waals surface area (Å²) in [6, 6.07) is -0.935. The van der Waals surface area contributed by atoms with Gasteiger partial charge in [-0.2, -0.15) is 0 Å². The Labute approximate surface area is 493 Å². The van der Waals surface area contributed by atoms with Gasteiger partial charge in [-0.25, -0.2) is 0 Å². The number of carbonyl (C=O) groups excluding carboxylic acids is 1. The van der Waals surface area contributed by atoms with Gasteiger partial charge in [0.25, 0.3) is 0 Å². The lowest BCUT2D eigenvalue weighted by molar-refractivity contribution is -0.359. The van der Waals surface area contributed by atoms with Gasteiger partial charge < -0.3 is 65.1 Å². The second-order valence-corrected chi connectivity index (χ2v) is 23.9. The molecule has 0 aromatic heterocycles. The number of aliphatic hydroxyl groups excluding tert-OH is 8. The summed E-state index contributed by atoms with van der Waals surface area (Å²) in [6.07, 6.45) is 49.4. The molecule has 0 bridgehead atoms. The van der Waals surface area contributed by atoms with Crippen LogP contribution in [0.1, 0.15) is 290 Å². The fourth-order valence-electron chi connectivity index (χ4n) is 11.2. The second kappa shape index (κ2) is 52.5. The Morgan fingerprint density at radius 3 is 1.21 bits per heavy atom. The molecule has 12 unspecified atom stereocenters. The molecule has 14 nitrogen and oxygen atoms in total. The number of rotatable bonds is 55. The van der Waals surface area contributed by atoms with Crippen molar-refractivity contribution in [2.75, 3.05) is 19.8 Å². The van der Waals surface area contributed by atoms with Gasteiger partial charge in [0.15, 0.2) is 12.6 Å². The van der Waals surface area contributed by atoms with Gasteiger partial charge in [-0.1, -0.05) is 275 Å². The van der Waals surface area contributed by atoms with E-state index in [0.717, 1.165) is 44.9 Å². The van der Waals surface area contributed by atoms with Crippen molar-refractivity contribution in [1.29, 1.82) is 0 Å². The van der Waals surface area contributed by atoms with Gasteiger partial charge in [-0.05, 0) is 44.9 Å². The van der Waals surface area contributed by atoms with Crippen LogP contribution in [0.4, 0.5) is 0 Å². The van der Waals surface area contributed by atoms with Crippen LogP contribution in [-0.2, 0) is 23.7 Å². The van der Waals surface area contributed by atoms with Crippen LogP contribution in [0.5, 0.6) is 0 Å². The number of carbonyl (C=O) groups is 1. The Bertz CT molecular complexity index is 1500. The molecule has 0 aromatic rings. The molecule has 12 atom stereocenters. The van der Waals surface area contributed by atoms with Gasteiger partial charge in [0.1, 0.15) is 48.8 Å². The third-order valence-electron chi connectivity index (χ3n) is 16.6. The summed E-state index contributed by atoms with van der Waals surface area (Å²) >= 11 is 0. The predicted octanol–water partition coefficient (Wildman–Crippen LogP) is 13.0. The summed E-state index contributed by atoms with van der Waals surface area (Å²) in [5, 5.41) is 87.1. The first-order valence-electron chi connectivity index (χ1n) is 33.7. The summed E-state index contributed by atoms with van der Waals surface area (Å²) in [5.41, 5.74) is 0. The van der Waals surface area contributed by atoms with E-state index in [9.17, 15) is 45.6 Å². The largest absolute Gasteiger partial charge is 0.394 e. The maximum Gasteiger partial charge on any atom is 0.220 e. The van der Waals surface area contributed by atoms with Crippen molar-refractivity contribution in [2.24, 2.45) is 0 Å². The minimum atomic E-state index is -1.79. The Hall–Kier alpha value is -1.79. The Morgan fingerprint density at radius 1 is 0.432 bits per heavy atom. The lowest BCUT2D eigenvalue weighted by Gasteiger charge is -2.46. The smallest absolute Gasteiger partial charge is 0.220 e. The molecule has 2 aliphatic heterocycles. The highest BCUT2D eigenvalue weighted by atomic mass is 16.7. The molecule has 0 saturated carbocycles. The average molecular weight is 1150 g/mol. The first kappa shape index (κ1) is 75.3. The molecule has 2 rings (SSSR count). The number of unbranched alkanes of at least 4 members (excludes halogenated alkanes) is 38. The maximum atomic E-state index is 13.3. The highest BCUT2D eigenvalue weighted by Gasteiger charge is 2.51. The van der Waals surface area contributed by atoms with Crippen molar-refractivity contribution in [3.05, 3.63) is 36.5 Å². The fourth-order valence-corrected chi connectivity index (χ4v) is 11.2. The lowest BCUT2D eigenvalue weighted by atomic mass is 9.97. The molecule has 81 heavy (non-hydrogen) atoms. The van der Waals surface area contributed by atoms with E-state index in [-0.39, 0.29) is 18.9 Å². The highest BCUT2D eigenvalue weighted by molar-refractivity contribution is 5.76. The molecular formula is C67H125NO13. The summed E-state index contributed by atoms with van der Waals surface area (Å²) in [7, 11) is 0. The van der Waals surface area contributed by atoms with Gasteiger partial charge in [-0.15, -0.1) is 0 Å². The zero-order chi connectivity index (χ0) is 58.8. The van der Waals surface area contributed by atoms with Gasteiger partial charge in [0, 0.05) is 6.42 Å². The van der Waals surface area contributed by atoms with E-state index in [2.05, 4.69) is 43.5 Å². The minimum absolute atomic E-state index is 0.249. The number of hydrogen-bond donors (Lipinski definition) is 9. The van der Waals surface area contributed by atoms with E-state index in [4.69, 9.17) is 18.9 Å². The molecule has 476 valence electrons. The van der Waals surface area contributed by atoms with Crippen LogP contribution in [0, 0.1) is 0 Å². The second-order valence-electron chi connectivity index (χ2n) is 23.9. The Kier molecular flexibility index (Phi) is 48.8. The molecule has 0 aliphatic carbocycles. The summed E-state index contributed by atoms with van der Waals surface area (Å²) < 4.78 is 22.8. The van der Waals surface area contributed by atoms with Crippen molar-refractivity contribution >= 4 is 5.91 Å². The van der Waals surface area contributed by atoms with Gasteiger partial charge in [0.2, 0.25) is 5.91 Å². The fraction of sp³-hybridized carbons (Fsp3) is 0.896. The normalized spacial score (nSPS) is 24.3. The maximum absolute atomic E-state index is 13.3. The van der Waals surface area contributed by atoms with Crippen LogP contribution in [0.2, 0.25) is 0 Å². The summed E-state index contributed by atoms with van der Waals surface area (Å²) in [6.45, 7) is 2.78. The van der Waals surface area contributed by atoms with Crippen LogP contribution >= 0.6 is 0 Å². The van der Waals surface area contributed by atoms with Crippen molar-refractivity contribution in [3.63, 3.8) is 0 Å². The van der Waals surface area contributed by atoms with E-state index in [1.54, 1.807) is 6.08 Å². The van der Waals surface area contributed by atoms with E-state index in [1.165, 1.54) is 212 Å². The SMILES string of the molecule is CCCCCC/C=C/CC/C=C/CC/C=C/C(O)C(COC1OC(CO)C(OC2OC(CO)C(O)C(O)C2O)C(O)C1O)NC(=O)CCCCCCCCCCCCCCCCCCCCCCCCCCCCCCCCCCC. The molecule has 9 N–H and O–H groups in total.